The molecular weight excluding hydrogens is 354 g/mol. The van der Waals surface area contributed by atoms with Crippen LogP contribution in [0.4, 0.5) is 5.69 Å². The van der Waals surface area contributed by atoms with Crippen LogP contribution >= 0.6 is 11.6 Å². The zero-order valence-electron chi connectivity index (χ0n) is 14.8. The first-order chi connectivity index (χ1) is 12.4. The number of carbonyl (C=O) groups is 2. The van der Waals surface area contributed by atoms with E-state index in [-0.39, 0.29) is 0 Å². The van der Waals surface area contributed by atoms with E-state index in [1.54, 1.807) is 55.7 Å². The van der Waals surface area contributed by atoms with Gasteiger partial charge in [-0.25, -0.2) is 4.79 Å². The highest BCUT2D eigenvalue weighted by Crippen LogP contribution is 2.20. The van der Waals surface area contributed by atoms with Crippen molar-refractivity contribution in [2.24, 2.45) is 0 Å². The number of ether oxygens (including phenoxy) is 2. The van der Waals surface area contributed by atoms with Crippen molar-refractivity contribution in [1.29, 1.82) is 0 Å². The normalized spacial score (nSPS) is 11.8. The van der Waals surface area contributed by atoms with Crippen molar-refractivity contribution >= 4 is 35.2 Å². The van der Waals surface area contributed by atoms with Crippen LogP contribution in [-0.2, 0) is 14.3 Å². The van der Waals surface area contributed by atoms with E-state index in [0.29, 0.717) is 10.7 Å². The number of esters is 1. The summed E-state index contributed by atoms with van der Waals surface area (Å²) in [5, 5.41) is 3.21. The minimum atomic E-state index is -0.942. The van der Waals surface area contributed by atoms with E-state index in [0.717, 1.165) is 16.9 Å². The second-order valence-corrected chi connectivity index (χ2v) is 6.05. The second-order valence-electron chi connectivity index (χ2n) is 5.64. The number of hydrogen-bond acceptors (Lipinski definition) is 4. The van der Waals surface area contributed by atoms with Gasteiger partial charge in [-0.1, -0.05) is 29.8 Å². The van der Waals surface area contributed by atoms with Crippen molar-refractivity contribution in [2.75, 3.05) is 12.4 Å². The van der Waals surface area contributed by atoms with Crippen LogP contribution in [0, 0.1) is 6.92 Å². The Morgan fingerprint density at radius 1 is 1.15 bits per heavy atom. The molecule has 2 rings (SSSR count). The lowest BCUT2D eigenvalue weighted by molar-refractivity contribution is -0.148. The average Bonchev–Trinajstić information content (AvgIpc) is 2.63. The quantitative estimate of drug-likeness (QED) is 0.607. The van der Waals surface area contributed by atoms with Crippen LogP contribution in [0.2, 0.25) is 5.02 Å². The SMILES string of the molecule is COc1ccc(/C=C/C(=O)O[C@@H](C)C(=O)Nc2ccc(C)c(Cl)c2)cc1. The number of benzene rings is 2. The summed E-state index contributed by atoms with van der Waals surface area (Å²) in [6.45, 7) is 3.37. The monoisotopic (exact) mass is 373 g/mol. The molecule has 26 heavy (non-hydrogen) atoms. The molecule has 0 fully saturated rings. The van der Waals surface area contributed by atoms with Gasteiger partial charge in [0.2, 0.25) is 0 Å². The van der Waals surface area contributed by atoms with Crippen LogP contribution in [0.15, 0.2) is 48.5 Å². The van der Waals surface area contributed by atoms with Gasteiger partial charge in [-0.05, 0) is 55.3 Å². The molecule has 0 aliphatic carbocycles. The molecule has 0 spiro atoms. The molecule has 0 aliphatic heterocycles. The van der Waals surface area contributed by atoms with E-state index in [1.807, 2.05) is 6.92 Å². The summed E-state index contributed by atoms with van der Waals surface area (Å²) in [4.78, 5) is 24.0. The number of hydrogen-bond donors (Lipinski definition) is 1. The van der Waals surface area contributed by atoms with Gasteiger partial charge in [0.25, 0.3) is 5.91 Å². The van der Waals surface area contributed by atoms with Gasteiger partial charge in [0, 0.05) is 16.8 Å². The van der Waals surface area contributed by atoms with Crippen LogP contribution in [0.25, 0.3) is 6.08 Å². The summed E-state index contributed by atoms with van der Waals surface area (Å²) in [6, 6.07) is 12.4. The van der Waals surface area contributed by atoms with Gasteiger partial charge in [-0.15, -0.1) is 0 Å². The fourth-order valence-corrected chi connectivity index (χ4v) is 2.24. The number of anilines is 1. The van der Waals surface area contributed by atoms with Gasteiger partial charge >= 0.3 is 5.97 Å². The molecule has 1 amide bonds. The lowest BCUT2D eigenvalue weighted by atomic mass is 10.2. The van der Waals surface area contributed by atoms with E-state index in [1.165, 1.54) is 13.0 Å². The van der Waals surface area contributed by atoms with Gasteiger partial charge < -0.3 is 14.8 Å². The Balaban J connectivity index is 1.89. The van der Waals surface area contributed by atoms with Gasteiger partial charge in [0.15, 0.2) is 6.10 Å². The van der Waals surface area contributed by atoms with E-state index < -0.39 is 18.0 Å². The van der Waals surface area contributed by atoms with Crippen LogP contribution in [-0.4, -0.2) is 25.1 Å². The summed E-state index contributed by atoms with van der Waals surface area (Å²) in [6.07, 6.45) is 1.93. The third kappa shape index (κ3) is 5.63. The highest BCUT2D eigenvalue weighted by molar-refractivity contribution is 6.31. The fourth-order valence-electron chi connectivity index (χ4n) is 2.06. The van der Waals surface area contributed by atoms with Crippen molar-refractivity contribution in [3.63, 3.8) is 0 Å². The summed E-state index contributed by atoms with van der Waals surface area (Å²) < 4.78 is 10.2. The maximum atomic E-state index is 12.1. The van der Waals surface area contributed by atoms with Gasteiger partial charge in [0.05, 0.1) is 7.11 Å². The molecule has 0 heterocycles. The van der Waals surface area contributed by atoms with E-state index in [9.17, 15) is 9.59 Å². The van der Waals surface area contributed by atoms with Gasteiger partial charge in [-0.3, -0.25) is 4.79 Å². The molecule has 0 radical (unpaired) electrons. The lowest BCUT2D eigenvalue weighted by Gasteiger charge is -2.13. The molecule has 2 aromatic rings. The predicted molar refractivity (Wildman–Crippen MR) is 102 cm³/mol. The number of rotatable bonds is 6. The summed E-state index contributed by atoms with van der Waals surface area (Å²) in [5.74, 6) is -0.312. The number of amides is 1. The molecule has 0 aromatic heterocycles. The largest absolute Gasteiger partial charge is 0.497 e. The first-order valence-corrected chi connectivity index (χ1v) is 8.36. The number of nitrogens with one attached hydrogen (secondary N) is 1. The number of halogens is 1. The fraction of sp³-hybridized carbons (Fsp3) is 0.200. The molecule has 0 aliphatic rings. The predicted octanol–water partition coefficient (Wildman–Crippen LogP) is 4.24. The Morgan fingerprint density at radius 2 is 1.85 bits per heavy atom. The Labute approximate surface area is 157 Å². The third-order valence-corrected chi connectivity index (χ3v) is 4.04. The van der Waals surface area contributed by atoms with E-state index in [2.05, 4.69) is 5.32 Å². The first-order valence-electron chi connectivity index (χ1n) is 7.99. The summed E-state index contributed by atoms with van der Waals surface area (Å²) >= 11 is 6.03. The molecule has 1 N–H and O–H groups in total. The van der Waals surface area contributed by atoms with E-state index in [4.69, 9.17) is 21.1 Å². The van der Waals surface area contributed by atoms with Gasteiger partial charge in [0.1, 0.15) is 5.75 Å². The van der Waals surface area contributed by atoms with Crippen molar-refractivity contribution in [2.45, 2.75) is 20.0 Å². The zero-order chi connectivity index (χ0) is 19.1. The Kier molecular flexibility index (Phi) is 6.81. The molecule has 0 unspecified atom stereocenters. The summed E-state index contributed by atoms with van der Waals surface area (Å²) in [7, 11) is 1.58. The number of methoxy groups -OCH3 is 1. The molecule has 0 saturated carbocycles. The Bertz CT molecular complexity index is 815. The van der Waals surface area contributed by atoms with Crippen LogP contribution in [0.1, 0.15) is 18.1 Å². The number of carbonyl (C=O) groups excluding carboxylic acids is 2. The Hall–Kier alpha value is -2.79. The zero-order valence-corrected chi connectivity index (χ0v) is 15.5. The summed E-state index contributed by atoms with van der Waals surface area (Å²) in [5.41, 5.74) is 2.27. The Morgan fingerprint density at radius 3 is 2.46 bits per heavy atom. The highest BCUT2D eigenvalue weighted by atomic mass is 35.5. The molecule has 1 atom stereocenters. The number of aryl methyl sites for hydroxylation is 1. The lowest BCUT2D eigenvalue weighted by Crippen LogP contribution is -2.29. The molecule has 2 aromatic carbocycles. The molecule has 6 heteroatoms. The average molecular weight is 374 g/mol. The first kappa shape index (κ1) is 19.5. The van der Waals surface area contributed by atoms with Crippen molar-refractivity contribution in [1.82, 2.24) is 0 Å². The highest BCUT2D eigenvalue weighted by Gasteiger charge is 2.17. The van der Waals surface area contributed by atoms with Crippen LogP contribution < -0.4 is 10.1 Å². The van der Waals surface area contributed by atoms with Crippen LogP contribution in [0.3, 0.4) is 0 Å². The van der Waals surface area contributed by atoms with Crippen LogP contribution in [0.5, 0.6) is 5.75 Å². The molecule has 0 bridgehead atoms. The molecule has 0 saturated heterocycles. The van der Waals surface area contributed by atoms with Crippen molar-refractivity contribution in [3.8, 4) is 5.75 Å². The topological polar surface area (TPSA) is 64.6 Å². The van der Waals surface area contributed by atoms with Gasteiger partial charge in [-0.2, -0.15) is 0 Å². The molecule has 136 valence electrons. The standard InChI is InChI=1S/C20H20ClNO4/c1-13-4-8-16(12-18(13)21)22-20(24)14(2)26-19(23)11-7-15-5-9-17(25-3)10-6-15/h4-12,14H,1-3H3,(H,22,24)/b11-7+/t14-/m0/s1. The maximum absolute atomic E-state index is 12.1. The molecule has 5 nitrogen and oxygen atoms in total. The van der Waals surface area contributed by atoms with Crippen molar-refractivity contribution < 1.29 is 19.1 Å². The second kappa shape index (κ2) is 9.06. The maximum Gasteiger partial charge on any atom is 0.331 e. The van der Waals surface area contributed by atoms with Crippen molar-refractivity contribution in [3.05, 3.63) is 64.7 Å². The molecular formula is C20H20ClNO4. The minimum absolute atomic E-state index is 0.434. The third-order valence-electron chi connectivity index (χ3n) is 3.63. The smallest absolute Gasteiger partial charge is 0.331 e. The minimum Gasteiger partial charge on any atom is -0.497 e. The van der Waals surface area contributed by atoms with E-state index >= 15 is 0 Å².